The van der Waals surface area contributed by atoms with E-state index >= 15 is 4.39 Å². The second-order valence-electron chi connectivity index (χ2n) is 8.15. The molecule has 6 nitrogen and oxygen atoms in total. The van der Waals surface area contributed by atoms with Crippen molar-refractivity contribution < 1.29 is 21.6 Å². The molecule has 0 saturated carbocycles. The third-order valence-electron chi connectivity index (χ3n) is 5.98. The van der Waals surface area contributed by atoms with E-state index in [2.05, 4.69) is 16.8 Å². The third kappa shape index (κ3) is 4.20. The molecule has 0 bridgehead atoms. The van der Waals surface area contributed by atoms with Gasteiger partial charge in [-0.25, -0.2) is 22.2 Å². The Morgan fingerprint density at radius 2 is 1.87 bits per heavy atom. The zero-order valence-corrected chi connectivity index (χ0v) is 18.4. The van der Waals surface area contributed by atoms with Crippen molar-refractivity contribution in [2.24, 2.45) is 0 Å². The molecule has 0 spiro atoms. The van der Waals surface area contributed by atoms with Gasteiger partial charge in [-0.15, -0.1) is 0 Å². The topological polar surface area (TPSA) is 65.5 Å². The van der Waals surface area contributed by atoms with Crippen molar-refractivity contribution in [3.05, 3.63) is 46.9 Å². The summed E-state index contributed by atoms with van der Waals surface area (Å²) in [6.07, 6.45) is 3.05. The van der Waals surface area contributed by atoms with Crippen LogP contribution in [-0.4, -0.2) is 50.0 Å². The molecule has 1 aromatic heterocycles. The van der Waals surface area contributed by atoms with Crippen molar-refractivity contribution in [2.45, 2.75) is 36.6 Å². The first-order valence-corrected chi connectivity index (χ1v) is 11.8. The van der Waals surface area contributed by atoms with E-state index in [0.717, 1.165) is 50.6 Å². The number of anilines is 2. The van der Waals surface area contributed by atoms with Crippen LogP contribution in [0.1, 0.15) is 26.2 Å². The highest BCUT2D eigenvalue weighted by atomic mass is 35.5. The number of pyridine rings is 1. The van der Waals surface area contributed by atoms with Gasteiger partial charge in [-0.3, -0.25) is 9.62 Å². The fourth-order valence-electron chi connectivity index (χ4n) is 4.36. The van der Waals surface area contributed by atoms with Gasteiger partial charge in [-0.2, -0.15) is 4.39 Å². The van der Waals surface area contributed by atoms with E-state index in [0.29, 0.717) is 13.1 Å². The van der Waals surface area contributed by atoms with Gasteiger partial charge in [-0.05, 0) is 51.4 Å². The van der Waals surface area contributed by atoms with E-state index < -0.39 is 43.3 Å². The molecular formula is C20H22ClF3N4O2S. The van der Waals surface area contributed by atoms with Crippen molar-refractivity contribution >= 4 is 33.1 Å². The first-order chi connectivity index (χ1) is 14.6. The Bertz CT molecular complexity index is 1110. The number of aromatic nitrogens is 1. The number of nitrogens with zero attached hydrogens (tertiary/aromatic N) is 3. The van der Waals surface area contributed by atoms with Gasteiger partial charge < -0.3 is 4.90 Å². The molecule has 4 rings (SSSR count). The van der Waals surface area contributed by atoms with E-state index in [1.807, 2.05) is 4.72 Å². The molecular weight excluding hydrogens is 453 g/mol. The van der Waals surface area contributed by atoms with Crippen LogP contribution < -0.4 is 9.62 Å². The lowest BCUT2D eigenvalue weighted by atomic mass is 9.99. The summed E-state index contributed by atoms with van der Waals surface area (Å²) in [6, 6.07) is 4.33. The lowest BCUT2D eigenvalue weighted by Gasteiger charge is -2.35. The average Bonchev–Trinajstić information content (AvgIpc) is 3.35. The highest BCUT2D eigenvalue weighted by Crippen LogP contribution is 2.40. The Labute approximate surface area is 184 Å². The monoisotopic (exact) mass is 474 g/mol. The Morgan fingerprint density at radius 1 is 1.16 bits per heavy atom. The molecule has 2 saturated heterocycles. The number of rotatable bonds is 5. The molecule has 168 valence electrons. The Balaban J connectivity index is 1.64. The molecule has 2 aromatic rings. The van der Waals surface area contributed by atoms with Gasteiger partial charge in [0.25, 0.3) is 10.0 Å². The Morgan fingerprint density at radius 3 is 2.55 bits per heavy atom. The molecule has 3 heterocycles. The number of hydrogen-bond donors (Lipinski definition) is 1. The second-order valence-corrected chi connectivity index (χ2v) is 10.1. The first-order valence-electron chi connectivity index (χ1n) is 9.94. The first kappa shape index (κ1) is 22.2. The zero-order chi connectivity index (χ0) is 22.4. The van der Waals surface area contributed by atoms with E-state index in [4.69, 9.17) is 11.6 Å². The summed E-state index contributed by atoms with van der Waals surface area (Å²) in [7, 11) is -4.73. The average molecular weight is 475 g/mol. The minimum atomic E-state index is -4.73. The van der Waals surface area contributed by atoms with Crippen LogP contribution in [0.3, 0.4) is 0 Å². The predicted molar refractivity (Wildman–Crippen MR) is 112 cm³/mol. The van der Waals surface area contributed by atoms with Crippen molar-refractivity contribution in [2.75, 3.05) is 35.8 Å². The van der Waals surface area contributed by atoms with Gasteiger partial charge in [0.15, 0.2) is 10.7 Å². The normalized spacial score (nSPS) is 22.3. The van der Waals surface area contributed by atoms with Crippen LogP contribution in [0.4, 0.5) is 24.7 Å². The van der Waals surface area contributed by atoms with Crippen LogP contribution in [0, 0.1) is 17.6 Å². The van der Waals surface area contributed by atoms with Crippen LogP contribution in [0.2, 0.25) is 5.02 Å². The summed E-state index contributed by atoms with van der Waals surface area (Å²) in [5.74, 6) is -4.02. The maximum atomic E-state index is 15.0. The smallest absolute Gasteiger partial charge is 0.268 e. The summed E-state index contributed by atoms with van der Waals surface area (Å²) in [4.78, 5) is 6.28. The lowest BCUT2D eigenvalue weighted by molar-refractivity contribution is 0.157. The molecule has 1 N–H and O–H groups in total. The molecule has 1 aromatic carbocycles. The fraction of sp³-hybridized carbons (Fsp3) is 0.450. The SMILES string of the molecule is C[C@@]1(N2CCCC2)CCN(c2cc(F)c(S(=O)(=O)Nc3cccc(F)n3)c(F)c2Cl)C1. The molecule has 0 unspecified atom stereocenters. The van der Waals surface area contributed by atoms with Crippen molar-refractivity contribution in [3.63, 3.8) is 0 Å². The fourth-order valence-corrected chi connectivity index (χ4v) is 5.83. The highest BCUT2D eigenvalue weighted by Gasteiger charge is 2.41. The van der Waals surface area contributed by atoms with Crippen molar-refractivity contribution in [1.82, 2.24) is 9.88 Å². The molecule has 2 fully saturated rings. The van der Waals surface area contributed by atoms with Crippen LogP contribution in [0.15, 0.2) is 29.2 Å². The number of halogens is 4. The molecule has 0 radical (unpaired) electrons. The van der Waals surface area contributed by atoms with E-state index in [1.165, 1.54) is 6.07 Å². The van der Waals surface area contributed by atoms with Crippen LogP contribution >= 0.6 is 11.6 Å². The summed E-state index contributed by atoms with van der Waals surface area (Å²) < 4.78 is 70.2. The molecule has 31 heavy (non-hydrogen) atoms. The summed E-state index contributed by atoms with van der Waals surface area (Å²) in [5, 5.41) is -0.473. The minimum absolute atomic E-state index is 0.113. The quantitative estimate of drug-likeness (QED) is 0.524. The maximum absolute atomic E-state index is 15.0. The van der Waals surface area contributed by atoms with E-state index in [-0.39, 0.29) is 11.2 Å². The summed E-state index contributed by atoms with van der Waals surface area (Å²) in [6.45, 7) is 5.16. The number of hydrogen-bond acceptors (Lipinski definition) is 5. The van der Waals surface area contributed by atoms with Crippen LogP contribution in [-0.2, 0) is 10.0 Å². The second kappa shape index (κ2) is 8.14. The molecule has 0 aliphatic carbocycles. The minimum Gasteiger partial charge on any atom is -0.368 e. The number of nitrogens with one attached hydrogen (secondary N) is 1. The van der Waals surface area contributed by atoms with Crippen LogP contribution in [0.5, 0.6) is 0 Å². The van der Waals surface area contributed by atoms with Crippen LogP contribution in [0.25, 0.3) is 0 Å². The molecule has 2 aliphatic rings. The van der Waals surface area contributed by atoms with E-state index in [9.17, 15) is 17.2 Å². The Hall–Kier alpha value is -2.04. The predicted octanol–water partition coefficient (Wildman–Crippen LogP) is 4.02. The van der Waals surface area contributed by atoms with Gasteiger partial charge in [-0.1, -0.05) is 17.7 Å². The maximum Gasteiger partial charge on any atom is 0.268 e. The molecule has 1 atom stereocenters. The summed E-state index contributed by atoms with van der Waals surface area (Å²) in [5.41, 5.74) is -0.0234. The van der Waals surface area contributed by atoms with E-state index in [1.54, 1.807) is 4.90 Å². The number of sulfonamides is 1. The van der Waals surface area contributed by atoms with Gasteiger partial charge in [0.1, 0.15) is 16.7 Å². The third-order valence-corrected chi connectivity index (χ3v) is 7.73. The van der Waals surface area contributed by atoms with Gasteiger partial charge in [0.05, 0.1) is 5.69 Å². The molecule has 2 aliphatic heterocycles. The molecule has 0 amide bonds. The standard InChI is InChI=1S/C20H22ClF3N4O2S/c1-20(28-8-2-3-9-28)7-10-27(12-20)14-11-13(22)19(18(24)17(14)21)31(29,30)26-16-6-4-5-15(23)25-16/h4-6,11H,2-3,7-10,12H2,1H3,(H,25,26)/t20-/m1/s1. The Kier molecular flexibility index (Phi) is 5.82. The summed E-state index contributed by atoms with van der Waals surface area (Å²) >= 11 is 6.17. The van der Waals surface area contributed by atoms with Crippen molar-refractivity contribution in [3.8, 4) is 0 Å². The van der Waals surface area contributed by atoms with Gasteiger partial charge in [0, 0.05) is 24.7 Å². The van der Waals surface area contributed by atoms with Crippen molar-refractivity contribution in [1.29, 1.82) is 0 Å². The zero-order valence-electron chi connectivity index (χ0n) is 16.8. The largest absolute Gasteiger partial charge is 0.368 e. The number of benzene rings is 1. The van der Waals surface area contributed by atoms with Gasteiger partial charge in [0.2, 0.25) is 5.95 Å². The number of likely N-dealkylation sites (tertiary alicyclic amines) is 1. The molecule has 11 heteroatoms. The highest BCUT2D eigenvalue weighted by molar-refractivity contribution is 7.92. The lowest BCUT2D eigenvalue weighted by Crippen LogP contribution is -2.46. The van der Waals surface area contributed by atoms with Gasteiger partial charge >= 0.3 is 0 Å².